The minimum Gasteiger partial charge on any atom is -0.465 e. The Morgan fingerprint density at radius 2 is 2.07 bits per heavy atom. The van der Waals surface area contributed by atoms with E-state index in [4.69, 9.17) is 4.74 Å². The second-order valence-corrected chi connectivity index (χ2v) is 6.68. The molecule has 6 heteroatoms. The number of amides is 1. The van der Waals surface area contributed by atoms with Crippen molar-refractivity contribution in [3.63, 3.8) is 0 Å². The zero-order chi connectivity index (χ0) is 19.2. The maximum atomic E-state index is 13.0. The monoisotopic (exact) mass is 367 g/mol. The molecule has 142 valence electrons. The lowest BCUT2D eigenvalue weighted by Gasteiger charge is -2.35. The van der Waals surface area contributed by atoms with E-state index in [1.165, 1.54) is 13.5 Å². The van der Waals surface area contributed by atoms with E-state index in [-0.39, 0.29) is 5.91 Å². The van der Waals surface area contributed by atoms with Crippen LogP contribution in [0.3, 0.4) is 0 Å². The van der Waals surface area contributed by atoms with E-state index in [1.807, 2.05) is 11.0 Å². The van der Waals surface area contributed by atoms with Crippen LogP contribution in [0.5, 0.6) is 0 Å². The van der Waals surface area contributed by atoms with Gasteiger partial charge < -0.3 is 15.0 Å². The van der Waals surface area contributed by atoms with E-state index in [2.05, 4.69) is 17.2 Å². The summed E-state index contributed by atoms with van der Waals surface area (Å²) in [5.74, 6) is 0.217. The van der Waals surface area contributed by atoms with Gasteiger partial charge in [0.2, 0.25) is 0 Å². The number of nitrogens with one attached hydrogen (secondary N) is 1. The van der Waals surface area contributed by atoms with Gasteiger partial charge in [-0.2, -0.15) is 0 Å². The maximum Gasteiger partial charge on any atom is 0.337 e. The quantitative estimate of drug-likeness (QED) is 0.808. The topological polar surface area (TPSA) is 71.5 Å². The van der Waals surface area contributed by atoms with Crippen LogP contribution in [-0.2, 0) is 4.74 Å². The van der Waals surface area contributed by atoms with Crippen molar-refractivity contribution in [2.75, 3.05) is 19.0 Å². The summed E-state index contributed by atoms with van der Waals surface area (Å²) in [5, 5.41) is 3.16. The minimum atomic E-state index is -0.397. The van der Waals surface area contributed by atoms with Gasteiger partial charge in [-0.25, -0.2) is 9.78 Å². The fourth-order valence-corrected chi connectivity index (χ4v) is 3.48. The molecule has 0 bridgehead atoms. The minimum absolute atomic E-state index is 0.0512. The van der Waals surface area contributed by atoms with Crippen molar-refractivity contribution in [2.24, 2.45) is 0 Å². The van der Waals surface area contributed by atoms with E-state index in [9.17, 15) is 9.59 Å². The summed E-state index contributed by atoms with van der Waals surface area (Å²) < 4.78 is 4.75. The number of carbonyl (C=O) groups excluding carboxylic acids is 2. The highest BCUT2D eigenvalue weighted by Gasteiger charge is 2.26. The van der Waals surface area contributed by atoms with Crippen molar-refractivity contribution in [1.29, 1.82) is 0 Å². The number of benzene rings is 1. The van der Waals surface area contributed by atoms with Crippen LogP contribution in [0.25, 0.3) is 0 Å². The summed E-state index contributed by atoms with van der Waals surface area (Å²) in [6, 6.07) is 10.8. The molecule has 3 rings (SSSR count). The number of ether oxygens (including phenoxy) is 1. The van der Waals surface area contributed by atoms with Gasteiger partial charge in [0.1, 0.15) is 5.82 Å². The lowest BCUT2D eigenvalue weighted by atomic mass is 9.99. The molecule has 27 heavy (non-hydrogen) atoms. The molecular weight excluding hydrogens is 342 g/mol. The van der Waals surface area contributed by atoms with Gasteiger partial charge in [0, 0.05) is 30.0 Å². The zero-order valence-corrected chi connectivity index (χ0v) is 15.8. The number of likely N-dealkylation sites (tertiary alicyclic amines) is 1. The Morgan fingerprint density at radius 1 is 1.22 bits per heavy atom. The molecule has 0 aliphatic carbocycles. The summed E-state index contributed by atoms with van der Waals surface area (Å²) in [7, 11) is 1.35. The van der Waals surface area contributed by atoms with E-state index in [0.717, 1.165) is 25.8 Å². The van der Waals surface area contributed by atoms with Crippen molar-refractivity contribution in [3.8, 4) is 0 Å². The Labute approximate surface area is 159 Å². The van der Waals surface area contributed by atoms with Crippen molar-refractivity contribution >= 4 is 23.4 Å². The standard InChI is InChI=1S/C21H25N3O3/c1-3-18-9-4-5-12-24(18)20(25)15-10-11-22-19(14-15)23-17-8-6-7-16(13-17)21(26)27-2/h6-8,10-11,13-14,18H,3-5,9,12H2,1-2H3,(H,22,23). The van der Waals surface area contributed by atoms with Crippen molar-refractivity contribution < 1.29 is 14.3 Å². The van der Waals surface area contributed by atoms with Crippen LogP contribution in [0.15, 0.2) is 42.6 Å². The fourth-order valence-electron chi connectivity index (χ4n) is 3.48. The van der Waals surface area contributed by atoms with Crippen LogP contribution in [0, 0.1) is 0 Å². The summed E-state index contributed by atoms with van der Waals surface area (Å²) in [6.45, 7) is 2.94. The molecule has 0 saturated carbocycles. The number of piperidine rings is 1. The highest BCUT2D eigenvalue weighted by Crippen LogP contribution is 2.23. The van der Waals surface area contributed by atoms with E-state index in [1.54, 1.807) is 36.5 Å². The van der Waals surface area contributed by atoms with Gasteiger partial charge in [0.05, 0.1) is 12.7 Å². The lowest BCUT2D eigenvalue weighted by Crippen LogP contribution is -2.43. The smallest absolute Gasteiger partial charge is 0.337 e. The molecule has 1 aromatic carbocycles. The number of rotatable bonds is 5. The molecule has 6 nitrogen and oxygen atoms in total. The predicted molar refractivity (Wildman–Crippen MR) is 104 cm³/mol. The average Bonchev–Trinajstić information content (AvgIpc) is 2.73. The number of aromatic nitrogens is 1. The third kappa shape index (κ3) is 4.45. The number of esters is 1. The number of anilines is 2. The molecule has 0 radical (unpaired) electrons. The lowest BCUT2D eigenvalue weighted by molar-refractivity contribution is 0.0595. The van der Waals surface area contributed by atoms with Crippen LogP contribution in [0.2, 0.25) is 0 Å². The third-order valence-electron chi connectivity index (χ3n) is 4.92. The third-order valence-corrected chi connectivity index (χ3v) is 4.92. The first-order valence-corrected chi connectivity index (χ1v) is 9.34. The molecular formula is C21H25N3O3. The predicted octanol–water partition coefficient (Wildman–Crippen LogP) is 4.02. The van der Waals surface area contributed by atoms with Crippen LogP contribution in [0.4, 0.5) is 11.5 Å². The number of hydrogen-bond donors (Lipinski definition) is 1. The Hall–Kier alpha value is -2.89. The molecule has 1 unspecified atom stereocenters. The number of carbonyl (C=O) groups is 2. The van der Waals surface area contributed by atoms with Gasteiger partial charge in [-0.3, -0.25) is 4.79 Å². The van der Waals surface area contributed by atoms with Crippen LogP contribution < -0.4 is 5.32 Å². The van der Waals surface area contributed by atoms with Gasteiger partial charge in [-0.1, -0.05) is 13.0 Å². The van der Waals surface area contributed by atoms with Gasteiger partial charge >= 0.3 is 5.97 Å². The summed E-state index contributed by atoms with van der Waals surface area (Å²) in [4.78, 5) is 30.9. The van der Waals surface area contributed by atoms with Crippen molar-refractivity contribution in [3.05, 3.63) is 53.7 Å². The molecule has 1 fully saturated rings. The van der Waals surface area contributed by atoms with E-state index < -0.39 is 5.97 Å². The molecule has 1 aliphatic heterocycles. The maximum absolute atomic E-state index is 13.0. The van der Waals surface area contributed by atoms with Crippen LogP contribution in [0.1, 0.15) is 53.3 Å². The molecule has 2 heterocycles. The second kappa shape index (κ2) is 8.66. The fraction of sp³-hybridized carbons (Fsp3) is 0.381. The Morgan fingerprint density at radius 3 is 2.85 bits per heavy atom. The van der Waals surface area contributed by atoms with Crippen LogP contribution in [-0.4, -0.2) is 41.5 Å². The molecule has 1 aromatic heterocycles. The Balaban J connectivity index is 1.77. The highest BCUT2D eigenvalue weighted by molar-refractivity contribution is 5.95. The first kappa shape index (κ1) is 18.9. The zero-order valence-electron chi connectivity index (χ0n) is 15.8. The van der Waals surface area contributed by atoms with E-state index in [0.29, 0.717) is 28.7 Å². The normalized spacial score (nSPS) is 16.7. The molecule has 1 atom stereocenters. The first-order valence-electron chi connectivity index (χ1n) is 9.34. The van der Waals surface area contributed by atoms with Gasteiger partial charge in [0.25, 0.3) is 5.91 Å². The Kier molecular flexibility index (Phi) is 6.06. The number of pyridine rings is 1. The second-order valence-electron chi connectivity index (χ2n) is 6.68. The first-order chi connectivity index (χ1) is 13.1. The average molecular weight is 367 g/mol. The Bertz CT molecular complexity index is 822. The molecule has 1 N–H and O–H groups in total. The summed E-state index contributed by atoms with van der Waals surface area (Å²) in [5.41, 5.74) is 1.78. The van der Waals surface area contributed by atoms with Gasteiger partial charge in [0.15, 0.2) is 0 Å². The van der Waals surface area contributed by atoms with Crippen molar-refractivity contribution in [2.45, 2.75) is 38.6 Å². The molecule has 1 aliphatic rings. The summed E-state index contributed by atoms with van der Waals surface area (Å²) in [6.07, 6.45) is 5.91. The highest BCUT2D eigenvalue weighted by atomic mass is 16.5. The van der Waals surface area contributed by atoms with Gasteiger partial charge in [-0.05, 0) is 56.0 Å². The SMILES string of the molecule is CCC1CCCCN1C(=O)c1ccnc(Nc2cccc(C(=O)OC)c2)c1. The molecule has 1 saturated heterocycles. The van der Waals surface area contributed by atoms with E-state index >= 15 is 0 Å². The molecule has 1 amide bonds. The largest absolute Gasteiger partial charge is 0.465 e. The molecule has 2 aromatic rings. The number of hydrogen-bond acceptors (Lipinski definition) is 5. The summed E-state index contributed by atoms with van der Waals surface area (Å²) >= 11 is 0. The van der Waals surface area contributed by atoms with Crippen molar-refractivity contribution in [1.82, 2.24) is 9.88 Å². The van der Waals surface area contributed by atoms with Crippen LogP contribution >= 0.6 is 0 Å². The number of nitrogens with zero attached hydrogens (tertiary/aromatic N) is 2. The number of methoxy groups -OCH3 is 1. The molecule has 0 spiro atoms. The van der Waals surface area contributed by atoms with Gasteiger partial charge in [-0.15, -0.1) is 0 Å².